The molecule has 1 aliphatic heterocycles. The van der Waals surface area contributed by atoms with E-state index in [1.807, 2.05) is 0 Å². The molecule has 3 heteroatoms. The summed E-state index contributed by atoms with van der Waals surface area (Å²) in [6.07, 6.45) is 1.24. The average molecular weight is 253 g/mol. The number of benzene rings is 1. The maximum atomic E-state index is 5.35. The Labute approximate surface area is 111 Å². The normalized spacial score (nSPS) is 25.3. The van der Waals surface area contributed by atoms with Crippen molar-refractivity contribution in [3.63, 3.8) is 0 Å². The van der Waals surface area contributed by atoms with Crippen LogP contribution in [0, 0.1) is 5.92 Å². The lowest BCUT2D eigenvalue weighted by atomic mass is 9.81. The minimum Gasteiger partial charge on any atom is -0.384 e. The minimum atomic E-state index is 0. The Hall–Kier alpha value is -0.510. The van der Waals surface area contributed by atoms with Crippen molar-refractivity contribution in [1.82, 2.24) is 4.90 Å². The van der Waals surface area contributed by atoms with Gasteiger partial charge in [0, 0.05) is 26.2 Å². The summed E-state index contributed by atoms with van der Waals surface area (Å²) in [5.41, 5.74) is 1.45. The molecular weight excluding hydrogens is 230 g/mol. The van der Waals surface area contributed by atoms with E-state index in [9.17, 15) is 0 Å². The number of likely N-dealkylation sites (tertiary alicyclic amines) is 1. The van der Waals surface area contributed by atoms with Crippen molar-refractivity contribution in [3.8, 4) is 0 Å². The van der Waals surface area contributed by atoms with Crippen LogP contribution in [-0.4, -0.2) is 38.8 Å². The molecule has 0 aromatic heterocycles. The topological polar surface area (TPSA) is 12.5 Å². The second-order valence-corrected chi connectivity index (χ2v) is 4.78. The fourth-order valence-corrected chi connectivity index (χ4v) is 2.65. The quantitative estimate of drug-likeness (QED) is 0.820. The third kappa shape index (κ3) is 3.73. The van der Waals surface area contributed by atoms with Gasteiger partial charge in [0.2, 0.25) is 0 Å². The van der Waals surface area contributed by atoms with E-state index in [0.717, 1.165) is 13.2 Å². The van der Waals surface area contributed by atoms with Gasteiger partial charge in [0.15, 0.2) is 0 Å². The Balaban J connectivity index is 0.00000144. The minimum absolute atomic E-state index is 0. The molecule has 0 spiro atoms. The van der Waals surface area contributed by atoms with Gasteiger partial charge >= 0.3 is 0 Å². The van der Waals surface area contributed by atoms with Crippen LogP contribution < -0.4 is 0 Å². The number of rotatable bonds is 3. The molecular formula is C14H23NOS. The Bertz CT molecular complexity index is 317. The zero-order valence-electron chi connectivity index (χ0n) is 10.7. The highest BCUT2D eigenvalue weighted by molar-refractivity contribution is 7.59. The van der Waals surface area contributed by atoms with Gasteiger partial charge in [-0.05, 0) is 31.5 Å². The van der Waals surface area contributed by atoms with Crippen LogP contribution in [0.5, 0.6) is 0 Å². The molecule has 0 N–H and O–H groups in total. The second-order valence-electron chi connectivity index (χ2n) is 4.78. The van der Waals surface area contributed by atoms with Crippen LogP contribution in [0.25, 0.3) is 0 Å². The van der Waals surface area contributed by atoms with E-state index in [4.69, 9.17) is 4.74 Å². The van der Waals surface area contributed by atoms with E-state index in [-0.39, 0.29) is 13.5 Å². The molecule has 0 saturated carbocycles. The van der Waals surface area contributed by atoms with Gasteiger partial charge in [-0.2, -0.15) is 13.5 Å². The Kier molecular flexibility index (Phi) is 6.03. The number of likely N-dealkylation sites (N-methyl/N-ethyl adjacent to an activating group) is 1. The summed E-state index contributed by atoms with van der Waals surface area (Å²) in [7, 11) is 4.01. The van der Waals surface area contributed by atoms with Gasteiger partial charge in [-0.1, -0.05) is 30.3 Å². The predicted octanol–water partition coefficient (Wildman–Crippen LogP) is 2.48. The smallest absolute Gasteiger partial charge is 0.0497 e. The first-order valence-corrected chi connectivity index (χ1v) is 6.03. The van der Waals surface area contributed by atoms with Crippen LogP contribution in [0.15, 0.2) is 30.3 Å². The first-order chi connectivity index (χ1) is 7.81. The number of hydrogen-bond donors (Lipinski definition) is 0. The maximum absolute atomic E-state index is 5.35. The standard InChI is InChI=1S/C14H21NO.H2S/c1-15-9-8-13(11-16-2)14(10-15)12-6-4-3-5-7-12;/h3-7,13-14H,8-11H2,1-2H3;1H2/t13-,14-;/m1./s1. The third-order valence-electron chi connectivity index (χ3n) is 3.57. The highest BCUT2D eigenvalue weighted by Gasteiger charge is 2.28. The summed E-state index contributed by atoms with van der Waals surface area (Å²) < 4.78 is 5.35. The lowest BCUT2D eigenvalue weighted by Gasteiger charge is -2.36. The van der Waals surface area contributed by atoms with Crippen molar-refractivity contribution >= 4 is 13.5 Å². The van der Waals surface area contributed by atoms with E-state index in [1.165, 1.54) is 18.5 Å². The van der Waals surface area contributed by atoms with Crippen molar-refractivity contribution in [3.05, 3.63) is 35.9 Å². The molecule has 2 rings (SSSR count). The largest absolute Gasteiger partial charge is 0.384 e. The number of hydrogen-bond acceptors (Lipinski definition) is 2. The summed E-state index contributed by atoms with van der Waals surface area (Å²) in [5, 5.41) is 0. The maximum Gasteiger partial charge on any atom is 0.0497 e. The van der Waals surface area contributed by atoms with Crippen LogP contribution in [0.1, 0.15) is 17.9 Å². The lowest BCUT2D eigenvalue weighted by Crippen LogP contribution is -2.38. The predicted molar refractivity (Wildman–Crippen MR) is 77.0 cm³/mol. The molecule has 0 aliphatic carbocycles. The Morgan fingerprint density at radius 1 is 1.29 bits per heavy atom. The van der Waals surface area contributed by atoms with Crippen molar-refractivity contribution in [2.24, 2.45) is 5.92 Å². The summed E-state index contributed by atoms with van der Waals surface area (Å²) in [6, 6.07) is 10.8. The molecule has 96 valence electrons. The molecule has 0 amide bonds. The SMILES string of the molecule is COC[C@H]1CCN(C)C[C@@H]1c1ccccc1.S. The zero-order chi connectivity index (χ0) is 11.4. The molecule has 1 saturated heterocycles. The number of nitrogens with zero attached hydrogens (tertiary/aromatic N) is 1. The second kappa shape index (κ2) is 7.04. The molecule has 2 nitrogen and oxygen atoms in total. The van der Waals surface area contributed by atoms with E-state index in [1.54, 1.807) is 7.11 Å². The summed E-state index contributed by atoms with van der Waals surface area (Å²) >= 11 is 0. The number of methoxy groups -OCH3 is 1. The van der Waals surface area contributed by atoms with Crippen LogP contribution >= 0.6 is 13.5 Å². The first kappa shape index (κ1) is 14.6. The fraction of sp³-hybridized carbons (Fsp3) is 0.571. The molecule has 1 heterocycles. The molecule has 1 aromatic rings. The van der Waals surface area contributed by atoms with Gasteiger partial charge in [0.25, 0.3) is 0 Å². The zero-order valence-corrected chi connectivity index (χ0v) is 11.7. The molecule has 1 fully saturated rings. The van der Waals surface area contributed by atoms with E-state index < -0.39 is 0 Å². The molecule has 0 unspecified atom stereocenters. The van der Waals surface area contributed by atoms with Gasteiger partial charge in [0.05, 0.1) is 0 Å². The van der Waals surface area contributed by atoms with E-state index in [0.29, 0.717) is 11.8 Å². The van der Waals surface area contributed by atoms with Crippen LogP contribution in [0.2, 0.25) is 0 Å². The Morgan fingerprint density at radius 2 is 2.00 bits per heavy atom. The molecule has 1 aliphatic rings. The molecule has 2 atom stereocenters. The molecule has 1 aromatic carbocycles. The number of piperidine rings is 1. The monoisotopic (exact) mass is 253 g/mol. The number of ether oxygens (including phenoxy) is 1. The summed E-state index contributed by atoms with van der Waals surface area (Å²) in [5.74, 6) is 1.29. The van der Waals surface area contributed by atoms with Crippen molar-refractivity contribution in [2.75, 3.05) is 33.9 Å². The van der Waals surface area contributed by atoms with E-state index in [2.05, 4.69) is 42.3 Å². The molecule has 0 bridgehead atoms. The lowest BCUT2D eigenvalue weighted by molar-refractivity contribution is 0.0920. The van der Waals surface area contributed by atoms with Crippen molar-refractivity contribution < 1.29 is 4.74 Å². The fourth-order valence-electron chi connectivity index (χ4n) is 2.65. The van der Waals surface area contributed by atoms with Gasteiger partial charge in [-0.15, -0.1) is 0 Å². The van der Waals surface area contributed by atoms with E-state index >= 15 is 0 Å². The highest BCUT2D eigenvalue weighted by atomic mass is 32.1. The summed E-state index contributed by atoms with van der Waals surface area (Å²) in [4.78, 5) is 2.42. The van der Waals surface area contributed by atoms with Crippen molar-refractivity contribution in [1.29, 1.82) is 0 Å². The van der Waals surface area contributed by atoms with Gasteiger partial charge in [0.1, 0.15) is 0 Å². The van der Waals surface area contributed by atoms with Crippen LogP contribution in [0.4, 0.5) is 0 Å². The highest BCUT2D eigenvalue weighted by Crippen LogP contribution is 2.31. The molecule has 17 heavy (non-hydrogen) atoms. The average Bonchev–Trinajstić information content (AvgIpc) is 2.33. The van der Waals surface area contributed by atoms with Gasteiger partial charge < -0.3 is 9.64 Å². The molecule has 0 radical (unpaired) electrons. The first-order valence-electron chi connectivity index (χ1n) is 6.03. The van der Waals surface area contributed by atoms with Crippen LogP contribution in [-0.2, 0) is 4.74 Å². The third-order valence-corrected chi connectivity index (χ3v) is 3.57. The van der Waals surface area contributed by atoms with Crippen LogP contribution in [0.3, 0.4) is 0 Å². The Morgan fingerprint density at radius 3 is 2.65 bits per heavy atom. The summed E-state index contributed by atoms with van der Waals surface area (Å²) in [6.45, 7) is 3.23. The van der Waals surface area contributed by atoms with Crippen molar-refractivity contribution in [2.45, 2.75) is 12.3 Å². The van der Waals surface area contributed by atoms with Gasteiger partial charge in [-0.3, -0.25) is 0 Å². The van der Waals surface area contributed by atoms with Gasteiger partial charge in [-0.25, -0.2) is 0 Å².